The van der Waals surface area contributed by atoms with Gasteiger partial charge in [0.2, 0.25) is 0 Å². The molecule has 3 rings (SSSR count). The largest absolute Gasteiger partial charge is 0.508 e. The second-order valence-electron chi connectivity index (χ2n) is 4.78. The topological polar surface area (TPSA) is 77.8 Å². The fourth-order valence-electron chi connectivity index (χ4n) is 2.16. The lowest BCUT2D eigenvalue weighted by Gasteiger charge is -2.03. The van der Waals surface area contributed by atoms with Gasteiger partial charge in [-0.25, -0.2) is 0 Å². The summed E-state index contributed by atoms with van der Waals surface area (Å²) >= 11 is 1.42. The Bertz CT molecular complexity index is 879. The van der Waals surface area contributed by atoms with Gasteiger partial charge in [0, 0.05) is 21.0 Å². The van der Waals surface area contributed by atoms with E-state index in [2.05, 4.69) is 6.07 Å². The summed E-state index contributed by atoms with van der Waals surface area (Å²) < 4.78 is 12.1. The van der Waals surface area contributed by atoms with Crippen LogP contribution in [0.4, 0.5) is 0 Å². The lowest BCUT2D eigenvalue weighted by atomic mass is 10.1. The summed E-state index contributed by atoms with van der Waals surface area (Å²) in [6.07, 6.45) is 0. The molecule has 1 heterocycles. The van der Waals surface area contributed by atoms with E-state index >= 15 is 0 Å². The van der Waals surface area contributed by atoms with Crippen molar-refractivity contribution in [3.05, 3.63) is 48.0 Å². The van der Waals surface area contributed by atoms with Crippen LogP contribution < -0.4 is 5.30 Å². The van der Waals surface area contributed by atoms with E-state index in [1.54, 1.807) is 18.2 Å². The number of hydrogen-bond acceptors (Lipinski definition) is 3. The zero-order valence-electron chi connectivity index (χ0n) is 11.1. The molecule has 0 saturated carbocycles. The van der Waals surface area contributed by atoms with Crippen LogP contribution in [-0.4, -0.2) is 14.9 Å². The zero-order valence-corrected chi connectivity index (χ0v) is 12.8. The summed E-state index contributed by atoms with van der Waals surface area (Å²) in [7, 11) is -4.24. The highest BCUT2D eigenvalue weighted by Gasteiger charge is 2.18. The smallest absolute Gasteiger partial charge is 0.356 e. The summed E-state index contributed by atoms with van der Waals surface area (Å²) in [5.74, 6) is 0.209. The molecule has 3 aromatic rings. The predicted molar refractivity (Wildman–Crippen MR) is 84.2 cm³/mol. The summed E-state index contributed by atoms with van der Waals surface area (Å²) in [6.45, 7) is 1.90. The summed E-state index contributed by atoms with van der Waals surface area (Å²) in [5, 5.41) is 10.3. The van der Waals surface area contributed by atoms with Crippen LogP contribution in [0.25, 0.3) is 20.5 Å². The first-order valence-electron chi connectivity index (χ1n) is 6.16. The number of rotatable bonds is 2. The molecule has 1 aromatic heterocycles. The molecule has 107 valence electrons. The third-order valence-electron chi connectivity index (χ3n) is 3.22. The number of phenols is 1. The molecule has 0 saturated heterocycles. The second kappa shape index (κ2) is 4.97. The van der Waals surface area contributed by atoms with Crippen LogP contribution in [-0.2, 0) is 4.57 Å². The second-order valence-corrected chi connectivity index (χ2v) is 7.44. The molecule has 0 fully saturated rings. The van der Waals surface area contributed by atoms with E-state index in [4.69, 9.17) is 0 Å². The lowest BCUT2D eigenvalue weighted by molar-refractivity contribution is 0.387. The van der Waals surface area contributed by atoms with Gasteiger partial charge in [-0.1, -0.05) is 6.07 Å². The van der Waals surface area contributed by atoms with Crippen molar-refractivity contribution in [2.24, 2.45) is 0 Å². The van der Waals surface area contributed by atoms with Gasteiger partial charge >= 0.3 is 7.60 Å². The average Bonchev–Trinajstić information content (AvgIpc) is 2.79. The van der Waals surface area contributed by atoms with Crippen LogP contribution in [0.3, 0.4) is 0 Å². The fraction of sp³-hybridized carbons (Fsp3) is 0.0667. The van der Waals surface area contributed by atoms with Gasteiger partial charge in [-0.3, -0.25) is 4.57 Å². The van der Waals surface area contributed by atoms with Gasteiger partial charge in [0.25, 0.3) is 0 Å². The highest BCUT2D eigenvalue weighted by Crippen LogP contribution is 2.38. The molecule has 0 aliphatic heterocycles. The minimum atomic E-state index is -4.24. The van der Waals surface area contributed by atoms with E-state index in [1.807, 2.05) is 13.0 Å². The molecule has 0 unspecified atom stereocenters. The van der Waals surface area contributed by atoms with Gasteiger partial charge in [0.05, 0.1) is 5.30 Å². The first-order valence-corrected chi connectivity index (χ1v) is 8.59. The zero-order chi connectivity index (χ0) is 15.2. The van der Waals surface area contributed by atoms with Crippen LogP contribution in [0, 0.1) is 13.0 Å². The molecule has 0 atom stereocenters. The predicted octanol–water partition coefficient (Wildman–Crippen LogP) is 3.19. The SMILES string of the molecule is Cc1cc(O)ccc1-c1[c]c2ccc(P(=O)(O)O)cc2s1. The molecule has 0 aliphatic rings. The summed E-state index contributed by atoms with van der Waals surface area (Å²) in [5.41, 5.74) is 1.87. The van der Waals surface area contributed by atoms with Crippen LogP contribution >= 0.6 is 18.9 Å². The molecule has 2 aromatic carbocycles. The number of aryl methyl sites for hydroxylation is 1. The van der Waals surface area contributed by atoms with Crippen molar-refractivity contribution in [1.29, 1.82) is 0 Å². The van der Waals surface area contributed by atoms with Crippen LogP contribution in [0.5, 0.6) is 5.75 Å². The van der Waals surface area contributed by atoms with E-state index in [9.17, 15) is 19.5 Å². The number of phenolic OH excluding ortho intramolecular Hbond substituents is 1. The first-order chi connectivity index (χ1) is 9.84. The van der Waals surface area contributed by atoms with Gasteiger partial charge in [-0.05, 0) is 48.4 Å². The maximum Gasteiger partial charge on any atom is 0.356 e. The van der Waals surface area contributed by atoms with E-state index < -0.39 is 7.60 Å². The molecule has 0 amide bonds. The van der Waals surface area contributed by atoms with E-state index in [1.165, 1.54) is 23.5 Å². The Morgan fingerprint density at radius 2 is 1.90 bits per heavy atom. The first kappa shape index (κ1) is 14.3. The van der Waals surface area contributed by atoms with Crippen molar-refractivity contribution in [3.8, 4) is 16.2 Å². The molecule has 3 N–H and O–H groups in total. The standard InChI is InChI=1S/C15H12O4PS/c1-9-6-11(16)3-5-13(9)15-7-10-2-4-12(20(17,18)19)8-14(10)21-15/h2-6,8,16H,1H3,(H2,17,18,19). The van der Waals surface area contributed by atoms with Crippen molar-refractivity contribution in [3.63, 3.8) is 0 Å². The molecular weight excluding hydrogens is 307 g/mol. The number of thiophene rings is 1. The molecule has 6 heteroatoms. The average molecular weight is 319 g/mol. The Hall–Kier alpha value is -1.65. The lowest BCUT2D eigenvalue weighted by Crippen LogP contribution is -2.01. The van der Waals surface area contributed by atoms with E-state index in [0.29, 0.717) is 0 Å². The van der Waals surface area contributed by atoms with Crippen molar-refractivity contribution in [2.45, 2.75) is 6.92 Å². The van der Waals surface area contributed by atoms with Crippen LogP contribution in [0.15, 0.2) is 36.4 Å². The maximum atomic E-state index is 11.3. The maximum absolute atomic E-state index is 11.3. The molecule has 4 nitrogen and oxygen atoms in total. The normalized spacial score (nSPS) is 12.0. The molecule has 1 radical (unpaired) electrons. The minimum absolute atomic E-state index is 0.0132. The molecule has 0 aliphatic carbocycles. The highest BCUT2D eigenvalue weighted by molar-refractivity contribution is 7.60. The quantitative estimate of drug-likeness (QED) is 0.634. The third kappa shape index (κ3) is 2.74. The molecule has 0 bridgehead atoms. The van der Waals surface area contributed by atoms with Gasteiger partial charge < -0.3 is 14.9 Å². The summed E-state index contributed by atoms with van der Waals surface area (Å²) in [6, 6.07) is 12.9. The number of benzene rings is 2. The van der Waals surface area contributed by atoms with Gasteiger partial charge in [-0.15, -0.1) is 11.3 Å². The van der Waals surface area contributed by atoms with Gasteiger partial charge in [-0.2, -0.15) is 0 Å². The highest BCUT2D eigenvalue weighted by atomic mass is 32.1. The van der Waals surface area contributed by atoms with E-state index in [-0.39, 0.29) is 11.1 Å². The van der Waals surface area contributed by atoms with E-state index in [0.717, 1.165) is 26.1 Å². The van der Waals surface area contributed by atoms with Crippen molar-refractivity contribution in [2.75, 3.05) is 0 Å². The van der Waals surface area contributed by atoms with Crippen molar-refractivity contribution < 1.29 is 19.5 Å². The Morgan fingerprint density at radius 1 is 1.14 bits per heavy atom. The fourth-order valence-corrected chi connectivity index (χ4v) is 3.95. The van der Waals surface area contributed by atoms with Crippen LogP contribution in [0.1, 0.15) is 5.56 Å². The number of aromatic hydroxyl groups is 1. The molecule has 0 spiro atoms. The van der Waals surface area contributed by atoms with Crippen LogP contribution in [0.2, 0.25) is 0 Å². The molecule has 21 heavy (non-hydrogen) atoms. The minimum Gasteiger partial charge on any atom is -0.508 e. The molecular formula is C15H12O4PS. The third-order valence-corrected chi connectivity index (χ3v) is 5.25. The Kier molecular flexibility index (Phi) is 3.38. The summed E-state index contributed by atoms with van der Waals surface area (Å²) in [4.78, 5) is 19.3. The Morgan fingerprint density at radius 3 is 2.57 bits per heavy atom. The van der Waals surface area contributed by atoms with Gasteiger partial charge in [0.1, 0.15) is 5.75 Å². The Labute approximate surface area is 125 Å². The van der Waals surface area contributed by atoms with Crippen molar-refractivity contribution >= 4 is 34.3 Å². The number of hydrogen-bond donors (Lipinski definition) is 3. The van der Waals surface area contributed by atoms with Crippen molar-refractivity contribution in [1.82, 2.24) is 0 Å². The van der Waals surface area contributed by atoms with Gasteiger partial charge in [0.15, 0.2) is 0 Å². The number of fused-ring (bicyclic) bond motifs is 1. The monoisotopic (exact) mass is 319 g/mol. The Balaban J connectivity index is 2.15.